The van der Waals surface area contributed by atoms with Crippen LogP contribution in [0.2, 0.25) is 0 Å². The van der Waals surface area contributed by atoms with Crippen molar-refractivity contribution in [3.63, 3.8) is 0 Å². The lowest BCUT2D eigenvalue weighted by Gasteiger charge is -2.28. The number of nitrogens with zero attached hydrogens (tertiary/aromatic N) is 4. The molecule has 4 heterocycles. The van der Waals surface area contributed by atoms with Crippen LogP contribution in [0.3, 0.4) is 0 Å². The standard InChI is InChI=1S/C26H29N5O2/c32-24(9-8-19-5-2-1-3-6-19)31-14-10-21(17-31)25-28-23-11-13-30(18-22(23)26(33)29-25)16-20-7-4-12-27-15-20/h1-7,12,15,21H,8-11,13-14,16-18H2,(H,28,29,33)/t21-/m0/s1. The van der Waals surface area contributed by atoms with Gasteiger partial charge in [-0.2, -0.15) is 0 Å². The molecule has 5 rings (SSSR count). The summed E-state index contributed by atoms with van der Waals surface area (Å²) in [5.74, 6) is 1.00. The molecule has 33 heavy (non-hydrogen) atoms. The van der Waals surface area contributed by atoms with Gasteiger partial charge in [0.15, 0.2) is 0 Å². The lowest BCUT2D eigenvalue weighted by molar-refractivity contribution is -0.130. The number of hydrogen-bond acceptors (Lipinski definition) is 5. The summed E-state index contributed by atoms with van der Waals surface area (Å²) < 4.78 is 0. The van der Waals surface area contributed by atoms with E-state index in [2.05, 4.69) is 33.1 Å². The number of H-pyrrole nitrogens is 1. The van der Waals surface area contributed by atoms with Crippen molar-refractivity contribution < 1.29 is 4.79 Å². The summed E-state index contributed by atoms with van der Waals surface area (Å²) in [4.78, 5) is 41.9. The summed E-state index contributed by atoms with van der Waals surface area (Å²) in [7, 11) is 0. The molecule has 0 bridgehead atoms. The number of carbonyl (C=O) groups is 1. The van der Waals surface area contributed by atoms with Crippen LogP contribution in [0.15, 0.2) is 59.7 Å². The SMILES string of the molecule is O=C(CCc1ccccc1)N1CC[C@H](c2nc3c(c(=O)[nH]2)CN(Cc2cccnc2)CC3)C1. The number of hydrogen-bond donors (Lipinski definition) is 1. The second-order valence-electron chi connectivity index (χ2n) is 9.01. The molecule has 7 heteroatoms. The predicted octanol–water partition coefficient (Wildman–Crippen LogP) is 2.67. The molecule has 0 spiro atoms. The number of carbonyl (C=O) groups excluding carboxylic acids is 1. The van der Waals surface area contributed by atoms with E-state index in [4.69, 9.17) is 4.98 Å². The molecule has 0 aliphatic carbocycles. The minimum Gasteiger partial charge on any atom is -0.342 e. The minimum atomic E-state index is -0.0419. The molecular weight excluding hydrogens is 414 g/mol. The Hall–Kier alpha value is -3.32. The van der Waals surface area contributed by atoms with Gasteiger partial charge in [-0.25, -0.2) is 4.98 Å². The molecule has 7 nitrogen and oxygen atoms in total. The van der Waals surface area contributed by atoms with Gasteiger partial charge >= 0.3 is 0 Å². The molecule has 170 valence electrons. The van der Waals surface area contributed by atoms with Gasteiger partial charge in [0.1, 0.15) is 5.82 Å². The number of nitrogens with one attached hydrogen (secondary N) is 1. The number of aryl methyl sites for hydroxylation is 1. The van der Waals surface area contributed by atoms with Crippen LogP contribution < -0.4 is 5.56 Å². The van der Waals surface area contributed by atoms with Gasteiger partial charge < -0.3 is 9.88 Å². The van der Waals surface area contributed by atoms with Crippen molar-refractivity contribution in [1.82, 2.24) is 24.8 Å². The van der Waals surface area contributed by atoms with E-state index in [-0.39, 0.29) is 17.4 Å². The van der Waals surface area contributed by atoms with Gasteiger partial charge in [0, 0.05) is 63.9 Å². The highest BCUT2D eigenvalue weighted by Gasteiger charge is 2.30. The van der Waals surface area contributed by atoms with Crippen LogP contribution in [0.4, 0.5) is 0 Å². The third-order valence-electron chi connectivity index (χ3n) is 6.69. The first kappa shape index (κ1) is 21.5. The van der Waals surface area contributed by atoms with Crippen molar-refractivity contribution in [1.29, 1.82) is 0 Å². The van der Waals surface area contributed by atoms with Crippen LogP contribution in [0.5, 0.6) is 0 Å². The maximum Gasteiger partial charge on any atom is 0.255 e. The van der Waals surface area contributed by atoms with Crippen LogP contribution in [0, 0.1) is 0 Å². The van der Waals surface area contributed by atoms with Crippen molar-refractivity contribution in [3.8, 4) is 0 Å². The lowest BCUT2D eigenvalue weighted by Crippen LogP contribution is -2.36. The number of aromatic nitrogens is 3. The van der Waals surface area contributed by atoms with Gasteiger partial charge in [-0.1, -0.05) is 36.4 Å². The first-order valence-corrected chi connectivity index (χ1v) is 11.7. The number of pyridine rings is 1. The summed E-state index contributed by atoms with van der Waals surface area (Å²) in [5.41, 5.74) is 3.96. The molecule has 1 N–H and O–H groups in total. The first-order valence-electron chi connectivity index (χ1n) is 11.7. The quantitative estimate of drug-likeness (QED) is 0.633. The molecule has 3 aromatic rings. The Morgan fingerprint density at radius 3 is 2.76 bits per heavy atom. The molecule has 1 amide bonds. The van der Waals surface area contributed by atoms with Crippen LogP contribution in [0.25, 0.3) is 0 Å². The Bertz CT molecular complexity index is 1160. The van der Waals surface area contributed by atoms with E-state index in [0.717, 1.165) is 61.5 Å². The molecule has 1 fully saturated rings. The smallest absolute Gasteiger partial charge is 0.255 e. The maximum atomic E-state index is 12.9. The van der Waals surface area contributed by atoms with E-state index in [9.17, 15) is 9.59 Å². The van der Waals surface area contributed by atoms with Gasteiger partial charge in [-0.15, -0.1) is 0 Å². The predicted molar refractivity (Wildman–Crippen MR) is 126 cm³/mol. The van der Waals surface area contributed by atoms with E-state index < -0.39 is 0 Å². The summed E-state index contributed by atoms with van der Waals surface area (Å²) in [6.07, 6.45) is 6.51. The molecule has 0 radical (unpaired) electrons. The van der Waals surface area contributed by atoms with Gasteiger partial charge in [0.2, 0.25) is 5.91 Å². The maximum absolute atomic E-state index is 12.9. The van der Waals surface area contributed by atoms with Gasteiger partial charge in [0.25, 0.3) is 5.56 Å². The lowest BCUT2D eigenvalue weighted by atomic mass is 10.0. The van der Waals surface area contributed by atoms with E-state index in [1.165, 1.54) is 5.56 Å². The van der Waals surface area contributed by atoms with Gasteiger partial charge in [-0.05, 0) is 30.0 Å². The van der Waals surface area contributed by atoms with Gasteiger partial charge in [-0.3, -0.25) is 19.5 Å². The number of benzene rings is 1. The van der Waals surface area contributed by atoms with Crippen molar-refractivity contribution in [3.05, 3.63) is 93.4 Å². The molecule has 2 aliphatic rings. The Morgan fingerprint density at radius 1 is 1.09 bits per heavy atom. The third kappa shape index (κ3) is 5.03. The normalized spacial score (nSPS) is 18.3. The number of aromatic amines is 1. The molecule has 2 aliphatic heterocycles. The third-order valence-corrected chi connectivity index (χ3v) is 6.69. The Kier molecular flexibility index (Phi) is 6.30. The fraction of sp³-hybridized carbons (Fsp3) is 0.385. The van der Waals surface area contributed by atoms with Crippen LogP contribution in [-0.2, 0) is 30.7 Å². The average Bonchev–Trinajstić information content (AvgIpc) is 3.35. The monoisotopic (exact) mass is 443 g/mol. The highest BCUT2D eigenvalue weighted by molar-refractivity contribution is 5.76. The Morgan fingerprint density at radius 2 is 1.94 bits per heavy atom. The molecule has 2 aromatic heterocycles. The number of amides is 1. The highest BCUT2D eigenvalue weighted by atomic mass is 16.2. The molecule has 1 aromatic carbocycles. The molecule has 1 atom stereocenters. The van der Waals surface area contributed by atoms with Crippen molar-refractivity contribution in [2.24, 2.45) is 0 Å². The zero-order valence-corrected chi connectivity index (χ0v) is 18.7. The Balaban J connectivity index is 1.21. The van der Waals surface area contributed by atoms with Crippen molar-refractivity contribution in [2.75, 3.05) is 19.6 Å². The Labute approximate surface area is 193 Å². The largest absolute Gasteiger partial charge is 0.342 e. The first-order chi connectivity index (χ1) is 16.2. The number of likely N-dealkylation sites (tertiary alicyclic amines) is 1. The van der Waals surface area contributed by atoms with Crippen LogP contribution in [0.1, 0.15) is 47.0 Å². The average molecular weight is 444 g/mol. The summed E-state index contributed by atoms with van der Waals surface area (Å²) >= 11 is 0. The fourth-order valence-corrected chi connectivity index (χ4v) is 4.84. The van der Waals surface area contributed by atoms with Gasteiger partial charge in [0.05, 0.1) is 11.3 Å². The summed E-state index contributed by atoms with van der Waals surface area (Å²) in [6, 6.07) is 14.1. The second-order valence-corrected chi connectivity index (χ2v) is 9.01. The zero-order valence-electron chi connectivity index (χ0n) is 18.7. The fourth-order valence-electron chi connectivity index (χ4n) is 4.84. The molecular formula is C26H29N5O2. The van der Waals surface area contributed by atoms with Crippen molar-refractivity contribution >= 4 is 5.91 Å². The second kappa shape index (κ2) is 9.67. The van der Waals surface area contributed by atoms with E-state index in [1.54, 1.807) is 6.20 Å². The van der Waals surface area contributed by atoms with E-state index >= 15 is 0 Å². The molecule has 0 unspecified atom stereocenters. The van der Waals surface area contributed by atoms with Crippen molar-refractivity contribution in [2.45, 2.75) is 44.7 Å². The molecule has 1 saturated heterocycles. The topological polar surface area (TPSA) is 82.2 Å². The van der Waals surface area contributed by atoms with Crippen LogP contribution >= 0.6 is 0 Å². The minimum absolute atomic E-state index is 0.0419. The number of rotatable bonds is 6. The molecule has 0 saturated carbocycles. The zero-order chi connectivity index (χ0) is 22.6. The van der Waals surface area contributed by atoms with Crippen LogP contribution in [-0.4, -0.2) is 50.3 Å². The van der Waals surface area contributed by atoms with E-state index in [0.29, 0.717) is 19.5 Å². The highest BCUT2D eigenvalue weighted by Crippen LogP contribution is 2.26. The van der Waals surface area contributed by atoms with E-state index in [1.807, 2.05) is 35.4 Å². The summed E-state index contributed by atoms with van der Waals surface area (Å²) in [5, 5.41) is 0. The summed E-state index contributed by atoms with van der Waals surface area (Å²) in [6.45, 7) is 3.59. The number of fused-ring (bicyclic) bond motifs is 1.